The first-order chi connectivity index (χ1) is 15.1. The Morgan fingerprint density at radius 2 is 2.03 bits per heavy atom. The van der Waals surface area contributed by atoms with Crippen LogP contribution in [0.5, 0.6) is 5.75 Å². The molecule has 1 N–H and O–H groups in total. The molecule has 0 aliphatic rings. The Morgan fingerprint density at radius 1 is 1.19 bits per heavy atom. The first kappa shape index (κ1) is 19.9. The number of thioether (sulfide) groups is 1. The van der Waals surface area contributed by atoms with Crippen LogP contribution in [0.3, 0.4) is 0 Å². The van der Waals surface area contributed by atoms with Crippen LogP contribution < -0.4 is 10.3 Å². The number of rotatable bonds is 6. The number of H-pyrrole nitrogens is 1. The summed E-state index contributed by atoms with van der Waals surface area (Å²) in [5.41, 5.74) is 1.63. The number of thiophene rings is 2. The largest absolute Gasteiger partial charge is 0.497 e. The molecule has 0 amide bonds. The summed E-state index contributed by atoms with van der Waals surface area (Å²) < 4.78 is 6.84. The van der Waals surface area contributed by atoms with Gasteiger partial charge in [-0.15, -0.1) is 27.8 Å². The van der Waals surface area contributed by atoms with Gasteiger partial charge in [0, 0.05) is 20.7 Å². The van der Waals surface area contributed by atoms with Crippen molar-refractivity contribution < 1.29 is 4.74 Å². The topological polar surface area (TPSA) is 98.6 Å². The quantitative estimate of drug-likeness (QED) is 0.371. The van der Waals surface area contributed by atoms with Gasteiger partial charge in [-0.05, 0) is 53.7 Å². The van der Waals surface area contributed by atoms with Gasteiger partial charge in [0.15, 0.2) is 0 Å². The molecule has 0 unspecified atom stereocenters. The monoisotopic (exact) mass is 468 g/mol. The second-order valence-electron chi connectivity index (χ2n) is 6.61. The number of fused-ring (bicyclic) bond motifs is 1. The molecule has 0 bridgehead atoms. The molecule has 8 nitrogen and oxygen atoms in total. The van der Waals surface area contributed by atoms with Gasteiger partial charge in [-0.2, -0.15) is 4.68 Å². The number of aryl methyl sites for hydroxylation is 1. The van der Waals surface area contributed by atoms with E-state index in [-0.39, 0.29) is 5.56 Å². The normalized spacial score (nSPS) is 11.3. The van der Waals surface area contributed by atoms with E-state index in [1.165, 1.54) is 28.0 Å². The van der Waals surface area contributed by atoms with Crippen molar-refractivity contribution in [2.45, 2.75) is 17.8 Å². The van der Waals surface area contributed by atoms with Crippen LogP contribution in [0.1, 0.15) is 10.7 Å². The van der Waals surface area contributed by atoms with Crippen molar-refractivity contribution >= 4 is 44.7 Å². The Kier molecular flexibility index (Phi) is 5.30. The number of hydrogen-bond acceptors (Lipinski definition) is 9. The standard InChI is InChI=1S/C20H16N6O2S3/c1-11-3-8-15(31-11)14-9-29-19-17(14)18(27)21-16(22-19)10-30-20-23-24-25-26(20)12-4-6-13(28-2)7-5-12/h3-9H,10H2,1-2H3,(H,21,22,27). The van der Waals surface area contributed by atoms with Gasteiger partial charge in [-0.25, -0.2) is 4.98 Å². The lowest BCUT2D eigenvalue weighted by Gasteiger charge is -2.05. The summed E-state index contributed by atoms with van der Waals surface area (Å²) >= 11 is 4.56. The third kappa shape index (κ3) is 3.87. The van der Waals surface area contributed by atoms with Crippen molar-refractivity contribution in [3.63, 3.8) is 0 Å². The Balaban J connectivity index is 1.40. The number of nitrogens with zero attached hydrogens (tertiary/aromatic N) is 5. The molecule has 5 rings (SSSR count). The molecular formula is C20H16N6O2S3. The van der Waals surface area contributed by atoms with Crippen LogP contribution in [0, 0.1) is 6.92 Å². The van der Waals surface area contributed by atoms with Gasteiger partial charge >= 0.3 is 0 Å². The molecular weight excluding hydrogens is 452 g/mol. The summed E-state index contributed by atoms with van der Waals surface area (Å²) in [4.78, 5) is 23.4. The van der Waals surface area contributed by atoms with Crippen LogP contribution in [0.25, 0.3) is 26.3 Å². The number of tetrazole rings is 1. The first-order valence-corrected chi connectivity index (χ1v) is 11.9. The van der Waals surface area contributed by atoms with Crippen molar-refractivity contribution in [2.24, 2.45) is 0 Å². The fourth-order valence-electron chi connectivity index (χ4n) is 3.11. The lowest BCUT2D eigenvalue weighted by Crippen LogP contribution is -2.10. The van der Waals surface area contributed by atoms with Crippen LogP contribution in [-0.2, 0) is 5.75 Å². The summed E-state index contributed by atoms with van der Waals surface area (Å²) in [5, 5.41) is 15.2. The van der Waals surface area contributed by atoms with Gasteiger partial charge in [0.1, 0.15) is 16.4 Å². The first-order valence-electron chi connectivity index (χ1n) is 9.25. The maximum atomic E-state index is 12.8. The molecule has 156 valence electrons. The van der Waals surface area contributed by atoms with E-state index in [2.05, 4.69) is 38.5 Å². The summed E-state index contributed by atoms with van der Waals surface area (Å²) in [6.45, 7) is 2.06. The highest BCUT2D eigenvalue weighted by Gasteiger charge is 2.15. The van der Waals surface area contributed by atoms with E-state index in [0.29, 0.717) is 22.1 Å². The minimum Gasteiger partial charge on any atom is -0.497 e. The van der Waals surface area contributed by atoms with Gasteiger partial charge in [-0.1, -0.05) is 11.8 Å². The second kappa shape index (κ2) is 8.25. The summed E-state index contributed by atoms with van der Waals surface area (Å²) in [6.07, 6.45) is 0. The van der Waals surface area contributed by atoms with Gasteiger partial charge in [-0.3, -0.25) is 4.79 Å². The zero-order chi connectivity index (χ0) is 21.4. The van der Waals surface area contributed by atoms with Gasteiger partial charge in [0.2, 0.25) is 5.16 Å². The molecule has 11 heteroatoms. The highest BCUT2D eigenvalue weighted by molar-refractivity contribution is 7.98. The van der Waals surface area contributed by atoms with Gasteiger partial charge < -0.3 is 9.72 Å². The highest BCUT2D eigenvalue weighted by atomic mass is 32.2. The number of nitrogens with one attached hydrogen (secondary N) is 1. The van der Waals surface area contributed by atoms with Crippen molar-refractivity contribution in [2.75, 3.05) is 7.11 Å². The number of hydrogen-bond donors (Lipinski definition) is 1. The molecule has 4 heterocycles. The lowest BCUT2D eigenvalue weighted by atomic mass is 10.2. The van der Waals surface area contributed by atoms with E-state index < -0.39 is 0 Å². The van der Waals surface area contributed by atoms with E-state index in [9.17, 15) is 4.79 Å². The summed E-state index contributed by atoms with van der Waals surface area (Å²) in [7, 11) is 1.62. The van der Waals surface area contributed by atoms with E-state index in [4.69, 9.17) is 4.74 Å². The molecule has 1 aromatic carbocycles. The lowest BCUT2D eigenvalue weighted by molar-refractivity contribution is 0.414. The van der Waals surface area contributed by atoms with Crippen LogP contribution in [0.4, 0.5) is 0 Å². The summed E-state index contributed by atoms with van der Waals surface area (Å²) in [5.74, 6) is 1.78. The second-order valence-corrected chi connectivity index (χ2v) is 9.70. The van der Waals surface area contributed by atoms with Crippen molar-refractivity contribution in [3.05, 3.63) is 62.8 Å². The molecule has 0 spiro atoms. The highest BCUT2D eigenvalue weighted by Crippen LogP contribution is 2.35. The Hall–Kier alpha value is -3.02. The predicted molar refractivity (Wildman–Crippen MR) is 124 cm³/mol. The molecule has 0 saturated heterocycles. The molecule has 31 heavy (non-hydrogen) atoms. The number of ether oxygens (including phenoxy) is 1. The molecule has 5 aromatic rings. The zero-order valence-electron chi connectivity index (χ0n) is 16.5. The third-order valence-electron chi connectivity index (χ3n) is 4.59. The van der Waals surface area contributed by atoms with E-state index in [1.807, 2.05) is 35.7 Å². The molecule has 0 fully saturated rings. The fourth-order valence-corrected chi connectivity index (χ4v) is 5.79. The molecule has 0 aliphatic heterocycles. The smallest absolute Gasteiger partial charge is 0.260 e. The van der Waals surface area contributed by atoms with Crippen LogP contribution in [0.2, 0.25) is 0 Å². The minimum atomic E-state index is -0.127. The fraction of sp³-hybridized carbons (Fsp3) is 0.150. The average molecular weight is 469 g/mol. The van der Waals surface area contributed by atoms with E-state index >= 15 is 0 Å². The Bertz CT molecular complexity index is 1420. The maximum absolute atomic E-state index is 12.8. The van der Waals surface area contributed by atoms with Crippen LogP contribution >= 0.6 is 34.4 Å². The summed E-state index contributed by atoms with van der Waals surface area (Å²) in [6, 6.07) is 11.6. The average Bonchev–Trinajstić information content (AvgIpc) is 3.51. The molecule has 0 atom stereocenters. The zero-order valence-corrected chi connectivity index (χ0v) is 19.0. The number of methoxy groups -OCH3 is 1. The Labute approximate surface area is 188 Å². The number of aromatic amines is 1. The molecule has 4 aromatic heterocycles. The van der Waals surface area contributed by atoms with E-state index in [1.54, 1.807) is 23.1 Å². The number of benzene rings is 1. The van der Waals surface area contributed by atoms with Crippen LogP contribution in [-0.4, -0.2) is 37.3 Å². The predicted octanol–water partition coefficient (Wildman–Crippen LogP) is 4.30. The van der Waals surface area contributed by atoms with Crippen molar-refractivity contribution in [1.29, 1.82) is 0 Å². The van der Waals surface area contributed by atoms with E-state index in [0.717, 1.165) is 26.7 Å². The van der Waals surface area contributed by atoms with Gasteiger partial charge in [0.25, 0.3) is 5.56 Å². The third-order valence-corrected chi connectivity index (χ3v) is 7.43. The SMILES string of the molecule is COc1ccc(-n2nnnc2SCc2nc3scc(-c4ccc(C)s4)c3c(=O)[nH]2)cc1. The van der Waals surface area contributed by atoms with Gasteiger partial charge in [0.05, 0.1) is 23.9 Å². The Morgan fingerprint density at radius 3 is 2.77 bits per heavy atom. The number of aromatic nitrogens is 6. The molecule has 0 saturated carbocycles. The minimum absolute atomic E-state index is 0.127. The van der Waals surface area contributed by atoms with Crippen molar-refractivity contribution in [1.82, 2.24) is 30.2 Å². The van der Waals surface area contributed by atoms with Crippen LogP contribution in [0.15, 0.2) is 51.7 Å². The molecule has 0 radical (unpaired) electrons. The molecule has 0 aliphatic carbocycles. The maximum Gasteiger partial charge on any atom is 0.260 e. The van der Waals surface area contributed by atoms with Crippen molar-refractivity contribution in [3.8, 4) is 21.9 Å².